The van der Waals surface area contributed by atoms with Crippen molar-refractivity contribution in [2.24, 2.45) is 35.5 Å². The summed E-state index contributed by atoms with van der Waals surface area (Å²) in [6.45, 7) is 16.4. The van der Waals surface area contributed by atoms with Gasteiger partial charge in [-0.3, -0.25) is 0 Å². The maximum atomic E-state index is 2.55. The highest BCUT2D eigenvalue weighted by molar-refractivity contribution is 5.71. The molecule has 52 heavy (non-hydrogen) atoms. The molecule has 0 bridgehead atoms. The van der Waals surface area contributed by atoms with E-state index >= 15 is 0 Å². The van der Waals surface area contributed by atoms with E-state index in [0.29, 0.717) is 17.8 Å². The number of aryl methyl sites for hydroxylation is 1. The van der Waals surface area contributed by atoms with Crippen molar-refractivity contribution in [1.29, 1.82) is 0 Å². The van der Waals surface area contributed by atoms with E-state index in [2.05, 4.69) is 140 Å². The molecule has 3 unspecified atom stereocenters. The molecule has 0 nitrogen and oxygen atoms in total. The van der Waals surface area contributed by atoms with Crippen LogP contribution in [0.5, 0.6) is 0 Å². The van der Waals surface area contributed by atoms with E-state index in [1.165, 1.54) is 113 Å². The lowest BCUT2D eigenvalue weighted by Crippen LogP contribution is -2.30. The SMILES string of the molecule is CC=C(c1cc(CC)c(=C\C)/c(=C\C2=C(C)CC=C(C(C)C)C2)c1)[C@@H](C)[C@H](CCC1CCC2CCCCC2C1)C1=CC=C(c2ccccc2)CC=C1. The minimum atomic E-state index is 0.415. The molecule has 0 aromatic heterocycles. The van der Waals surface area contributed by atoms with Crippen LogP contribution in [0.1, 0.15) is 142 Å². The minimum Gasteiger partial charge on any atom is -0.0835 e. The zero-order valence-corrected chi connectivity index (χ0v) is 33.8. The molecule has 0 amide bonds. The van der Waals surface area contributed by atoms with Gasteiger partial charge in [-0.05, 0) is 163 Å². The van der Waals surface area contributed by atoms with Crippen molar-refractivity contribution in [3.63, 3.8) is 0 Å². The lowest BCUT2D eigenvalue weighted by atomic mass is 9.66. The number of hydrogen-bond donors (Lipinski definition) is 0. The van der Waals surface area contributed by atoms with Crippen LogP contribution in [0.4, 0.5) is 0 Å². The van der Waals surface area contributed by atoms with Crippen molar-refractivity contribution >= 4 is 23.3 Å². The van der Waals surface area contributed by atoms with E-state index in [1.807, 2.05) is 0 Å². The number of fused-ring (bicyclic) bond motifs is 1. The molecule has 2 saturated carbocycles. The molecule has 2 fully saturated rings. The standard InChI is InChI=1S/C52H68/c1-8-40-32-48(35-49(51(40)10-3)34-47-33-45(36(4)5)26-23-37(47)6)50(9-2)38(7)52(30-25-39-24-27-43-19-14-15-20-46(43)31-39)44-22-16-21-42(28-29-44)41-17-12-11-13-18-41/h9-13,16-18,22,26,28-29,32,34-36,38-39,43,46,52H,8,14-15,19-21,23-25,27,30-31,33H2,1-7H3/b49-34-,50-9?,51-10+/t38-,39?,43?,46?,52+/m1/s1. The Morgan fingerprint density at radius 2 is 1.69 bits per heavy atom. The highest BCUT2D eigenvalue weighted by Gasteiger charge is 2.33. The summed E-state index contributed by atoms with van der Waals surface area (Å²) >= 11 is 0. The molecule has 0 N–H and O–H groups in total. The van der Waals surface area contributed by atoms with Crippen molar-refractivity contribution in [3.8, 4) is 0 Å². The lowest BCUT2D eigenvalue weighted by Gasteiger charge is -2.40. The average Bonchev–Trinajstić information content (AvgIpc) is 3.42. The molecule has 2 aromatic carbocycles. The Morgan fingerprint density at radius 1 is 0.904 bits per heavy atom. The fourth-order valence-electron chi connectivity index (χ4n) is 10.3. The maximum absolute atomic E-state index is 2.55. The zero-order valence-electron chi connectivity index (χ0n) is 33.8. The second-order valence-corrected chi connectivity index (χ2v) is 17.1. The van der Waals surface area contributed by atoms with Gasteiger partial charge in [0.1, 0.15) is 0 Å². The molecule has 0 radical (unpaired) electrons. The van der Waals surface area contributed by atoms with Gasteiger partial charge in [-0.1, -0.05) is 156 Å². The number of benzene rings is 2. The molecule has 5 atom stereocenters. The van der Waals surface area contributed by atoms with Crippen LogP contribution in [0.25, 0.3) is 23.3 Å². The van der Waals surface area contributed by atoms with Gasteiger partial charge in [0.2, 0.25) is 0 Å². The fourth-order valence-corrected chi connectivity index (χ4v) is 10.3. The first-order valence-corrected chi connectivity index (χ1v) is 21.3. The third-order valence-electron chi connectivity index (χ3n) is 13.6. The van der Waals surface area contributed by atoms with Gasteiger partial charge >= 0.3 is 0 Å². The number of hydrogen-bond acceptors (Lipinski definition) is 0. The summed E-state index contributed by atoms with van der Waals surface area (Å²) in [6.07, 6.45) is 36.8. The van der Waals surface area contributed by atoms with E-state index in [-0.39, 0.29) is 0 Å². The quantitative estimate of drug-likeness (QED) is 0.206. The molecule has 0 saturated heterocycles. The molecular formula is C52H68. The molecule has 2 aromatic rings. The van der Waals surface area contributed by atoms with Gasteiger partial charge in [-0.15, -0.1) is 0 Å². The van der Waals surface area contributed by atoms with Crippen LogP contribution in [-0.2, 0) is 6.42 Å². The summed E-state index contributed by atoms with van der Waals surface area (Å²) in [5, 5.41) is 2.81. The molecule has 0 heterocycles. The highest BCUT2D eigenvalue weighted by Crippen LogP contribution is 2.46. The molecular weight excluding hydrogens is 625 g/mol. The Balaban J connectivity index is 1.36. The average molecular weight is 693 g/mol. The maximum Gasteiger partial charge on any atom is -0.00647 e. The summed E-state index contributed by atoms with van der Waals surface area (Å²) in [6, 6.07) is 16.1. The van der Waals surface area contributed by atoms with Gasteiger partial charge in [0.25, 0.3) is 0 Å². The van der Waals surface area contributed by atoms with Gasteiger partial charge in [0, 0.05) is 0 Å². The summed E-state index contributed by atoms with van der Waals surface area (Å²) in [7, 11) is 0. The first-order valence-electron chi connectivity index (χ1n) is 21.3. The third-order valence-corrected chi connectivity index (χ3v) is 13.6. The molecule has 6 rings (SSSR count). The molecule has 276 valence electrons. The Kier molecular flexibility index (Phi) is 13.3. The molecule has 4 aliphatic rings. The highest BCUT2D eigenvalue weighted by atomic mass is 14.4. The van der Waals surface area contributed by atoms with E-state index < -0.39 is 0 Å². The van der Waals surface area contributed by atoms with Crippen LogP contribution in [0.2, 0.25) is 0 Å². The lowest BCUT2D eigenvalue weighted by molar-refractivity contribution is 0.122. The predicted molar refractivity (Wildman–Crippen MR) is 229 cm³/mol. The Labute approximate surface area is 318 Å². The topological polar surface area (TPSA) is 0 Å². The summed E-state index contributed by atoms with van der Waals surface area (Å²) in [5.41, 5.74) is 13.3. The van der Waals surface area contributed by atoms with Crippen LogP contribution < -0.4 is 10.4 Å². The largest absolute Gasteiger partial charge is 0.0835 e. The summed E-state index contributed by atoms with van der Waals surface area (Å²) < 4.78 is 0. The van der Waals surface area contributed by atoms with Crippen LogP contribution in [-0.4, -0.2) is 0 Å². The van der Waals surface area contributed by atoms with Gasteiger partial charge in [-0.25, -0.2) is 0 Å². The van der Waals surface area contributed by atoms with Crippen LogP contribution in [0.15, 0.2) is 101 Å². The molecule has 4 aliphatic carbocycles. The Morgan fingerprint density at radius 3 is 2.42 bits per heavy atom. The number of allylic oxidation sites excluding steroid dienone is 12. The van der Waals surface area contributed by atoms with Crippen molar-refractivity contribution < 1.29 is 0 Å². The third kappa shape index (κ3) is 9.04. The zero-order chi connectivity index (χ0) is 36.6. The van der Waals surface area contributed by atoms with Crippen molar-refractivity contribution in [3.05, 3.63) is 128 Å². The van der Waals surface area contributed by atoms with E-state index in [0.717, 1.165) is 43.4 Å². The predicted octanol–water partition coefficient (Wildman–Crippen LogP) is 13.5. The van der Waals surface area contributed by atoms with Crippen molar-refractivity contribution in [2.45, 2.75) is 132 Å². The minimum absolute atomic E-state index is 0.415. The second kappa shape index (κ2) is 18.1. The van der Waals surface area contributed by atoms with Crippen LogP contribution >= 0.6 is 0 Å². The number of rotatable bonds is 11. The van der Waals surface area contributed by atoms with Crippen molar-refractivity contribution in [1.82, 2.24) is 0 Å². The van der Waals surface area contributed by atoms with E-state index in [4.69, 9.17) is 0 Å². The molecule has 0 aliphatic heterocycles. The van der Waals surface area contributed by atoms with Gasteiger partial charge in [0.15, 0.2) is 0 Å². The monoisotopic (exact) mass is 693 g/mol. The van der Waals surface area contributed by atoms with Crippen LogP contribution in [0.3, 0.4) is 0 Å². The first kappa shape index (κ1) is 38.3. The van der Waals surface area contributed by atoms with E-state index in [9.17, 15) is 0 Å². The normalized spacial score (nSPS) is 24.7. The molecule has 0 spiro atoms. The van der Waals surface area contributed by atoms with Gasteiger partial charge < -0.3 is 0 Å². The van der Waals surface area contributed by atoms with Gasteiger partial charge in [-0.2, -0.15) is 0 Å². The van der Waals surface area contributed by atoms with Gasteiger partial charge in [0.05, 0.1) is 0 Å². The Hall–Kier alpha value is -3.38. The van der Waals surface area contributed by atoms with E-state index in [1.54, 1.807) is 5.57 Å². The van der Waals surface area contributed by atoms with Crippen molar-refractivity contribution in [2.75, 3.05) is 0 Å². The summed E-state index contributed by atoms with van der Waals surface area (Å²) in [5.74, 6) is 4.40. The summed E-state index contributed by atoms with van der Waals surface area (Å²) in [4.78, 5) is 0. The molecule has 0 heteroatoms. The first-order chi connectivity index (χ1) is 25.3. The van der Waals surface area contributed by atoms with Crippen LogP contribution in [0, 0.1) is 35.5 Å². The Bertz CT molecular complexity index is 1850. The fraction of sp³-hybridized carbons (Fsp3) is 0.500. The smallest absolute Gasteiger partial charge is 0.00647 e. The second-order valence-electron chi connectivity index (χ2n) is 17.1.